The molecule has 0 spiro atoms. The van der Waals surface area contributed by atoms with Crippen molar-refractivity contribution in [2.24, 2.45) is 0 Å². The second-order valence-electron chi connectivity index (χ2n) is 15.4. The first-order valence-electron chi connectivity index (χ1n) is 20.1. The molecule has 3 aliphatic rings. The number of hydrogen-bond acceptors (Lipinski definition) is 7. The van der Waals surface area contributed by atoms with Crippen LogP contribution in [0.25, 0.3) is 33.6 Å². The fourth-order valence-corrected chi connectivity index (χ4v) is 9.49. The number of aryl methyl sites for hydroxylation is 1. The van der Waals surface area contributed by atoms with Crippen molar-refractivity contribution in [3.63, 3.8) is 0 Å². The monoisotopic (exact) mass is 764 g/mol. The molecule has 3 fully saturated rings. The number of thiazole rings is 1. The Morgan fingerprint density at radius 1 is 0.696 bits per heavy atom. The molecule has 0 radical (unpaired) electrons. The van der Waals surface area contributed by atoms with E-state index < -0.39 is 0 Å². The summed E-state index contributed by atoms with van der Waals surface area (Å²) in [6.07, 6.45) is 11.3. The molecule has 56 heavy (non-hydrogen) atoms. The van der Waals surface area contributed by atoms with Crippen LogP contribution >= 0.6 is 11.3 Å². The summed E-state index contributed by atoms with van der Waals surface area (Å²) in [5, 5.41) is 2.96. The number of rotatable bonds is 10. The van der Waals surface area contributed by atoms with Crippen molar-refractivity contribution in [2.45, 2.75) is 76.4 Å². The molecular weight excluding hydrogens is 717 g/mol. The van der Waals surface area contributed by atoms with E-state index in [9.17, 15) is 9.59 Å². The zero-order valence-electron chi connectivity index (χ0n) is 31.9. The molecule has 3 aliphatic heterocycles. The Bertz CT molecular complexity index is 2270. The SMILES string of the molecule is Cc1nc(CC(=O)N2CCC[C@H]2c2ncc(-c3ccc(-c4ccc(-c5cnc([C@@H]6CCCN6C(=O)C(c6ccccc6)N6CCCCC6)[nH]5)cc4)cc3)[nH]2)cs1. The third kappa shape index (κ3) is 7.45. The summed E-state index contributed by atoms with van der Waals surface area (Å²) in [6, 6.07) is 27.0. The summed E-state index contributed by atoms with van der Waals surface area (Å²) in [6.45, 7) is 5.37. The largest absolute Gasteiger partial charge is 0.340 e. The summed E-state index contributed by atoms with van der Waals surface area (Å²) in [7, 11) is 0. The van der Waals surface area contributed by atoms with Gasteiger partial charge in [0.15, 0.2) is 0 Å². The summed E-state index contributed by atoms with van der Waals surface area (Å²) >= 11 is 1.58. The molecule has 286 valence electrons. The Hall–Kier alpha value is -5.39. The average Bonchev–Trinajstić information content (AvgIpc) is 4.09. The Balaban J connectivity index is 0.856. The predicted molar refractivity (Wildman–Crippen MR) is 220 cm³/mol. The molecule has 6 aromatic rings. The zero-order chi connectivity index (χ0) is 38.0. The Labute approximate surface area is 332 Å². The first kappa shape index (κ1) is 36.3. The number of amides is 2. The highest BCUT2D eigenvalue weighted by atomic mass is 32.1. The summed E-state index contributed by atoms with van der Waals surface area (Å²) in [4.78, 5) is 55.1. The Morgan fingerprint density at radius 2 is 1.25 bits per heavy atom. The van der Waals surface area contributed by atoms with Gasteiger partial charge >= 0.3 is 0 Å². The van der Waals surface area contributed by atoms with Crippen LogP contribution in [-0.4, -0.2) is 77.6 Å². The number of hydrogen-bond donors (Lipinski definition) is 2. The number of piperidine rings is 1. The lowest BCUT2D eigenvalue weighted by atomic mass is 10.00. The second kappa shape index (κ2) is 16.0. The van der Waals surface area contributed by atoms with Gasteiger partial charge in [-0.2, -0.15) is 0 Å². The van der Waals surface area contributed by atoms with Crippen molar-refractivity contribution >= 4 is 23.2 Å². The summed E-state index contributed by atoms with van der Waals surface area (Å²) in [5.74, 6) is 1.98. The molecule has 6 heterocycles. The lowest BCUT2D eigenvalue weighted by molar-refractivity contribution is -0.139. The molecule has 2 N–H and O–H groups in total. The molecule has 2 amide bonds. The van der Waals surface area contributed by atoms with E-state index in [1.54, 1.807) is 11.3 Å². The van der Waals surface area contributed by atoms with Crippen LogP contribution in [0.15, 0.2) is 96.6 Å². The van der Waals surface area contributed by atoms with Gasteiger partial charge in [-0.25, -0.2) is 15.0 Å². The van der Waals surface area contributed by atoms with Gasteiger partial charge in [0.2, 0.25) is 11.8 Å². The fourth-order valence-electron chi connectivity index (χ4n) is 8.88. The van der Waals surface area contributed by atoms with Crippen LogP contribution in [0.5, 0.6) is 0 Å². The lowest BCUT2D eigenvalue weighted by Crippen LogP contribution is -2.44. The van der Waals surface area contributed by atoms with Gasteiger partial charge in [0.25, 0.3) is 0 Å². The van der Waals surface area contributed by atoms with Crippen LogP contribution in [0.3, 0.4) is 0 Å². The lowest BCUT2D eigenvalue weighted by Gasteiger charge is -2.37. The van der Waals surface area contributed by atoms with Crippen molar-refractivity contribution in [1.82, 2.24) is 39.6 Å². The van der Waals surface area contributed by atoms with Crippen molar-refractivity contribution in [1.29, 1.82) is 0 Å². The smallest absolute Gasteiger partial charge is 0.245 e. The molecule has 3 aromatic heterocycles. The van der Waals surface area contributed by atoms with Crippen LogP contribution in [0.4, 0.5) is 0 Å². The average molecular weight is 765 g/mol. The Morgan fingerprint density at radius 3 is 1.82 bits per heavy atom. The first-order valence-corrected chi connectivity index (χ1v) is 21.0. The molecule has 0 aliphatic carbocycles. The minimum Gasteiger partial charge on any atom is -0.340 e. The molecule has 10 nitrogen and oxygen atoms in total. The molecule has 3 atom stereocenters. The van der Waals surface area contributed by atoms with Gasteiger partial charge in [0.1, 0.15) is 17.7 Å². The standard InChI is InChI=1S/C45H48N8O2S/c1-30-48-36(29-56-30)26-41(54)52-24-8-12-39(52)43-46-27-37(49-43)33-18-14-31(15-19-33)32-16-20-34(21-17-32)38-28-47-44(50-38)40-13-9-25-53(40)45(55)42(35-10-4-2-5-11-35)51-22-6-3-7-23-51/h2,4-5,10-11,14-21,27-29,39-40,42H,3,6-9,12-13,22-26H2,1H3,(H,46,49)(H,47,50)/t39-,40-,42?/m0/s1. The van der Waals surface area contributed by atoms with Gasteiger partial charge < -0.3 is 19.8 Å². The zero-order valence-corrected chi connectivity index (χ0v) is 32.7. The van der Waals surface area contributed by atoms with Crippen molar-refractivity contribution in [3.8, 4) is 33.6 Å². The maximum Gasteiger partial charge on any atom is 0.245 e. The highest BCUT2D eigenvalue weighted by Gasteiger charge is 2.39. The topological polar surface area (TPSA) is 114 Å². The molecule has 0 bridgehead atoms. The number of aromatic amines is 2. The second-order valence-corrected chi connectivity index (χ2v) is 16.5. The third-order valence-electron chi connectivity index (χ3n) is 11.8. The number of carbonyl (C=O) groups excluding carboxylic acids is 2. The molecule has 0 saturated carbocycles. The highest BCUT2D eigenvalue weighted by molar-refractivity contribution is 7.09. The van der Waals surface area contributed by atoms with E-state index in [-0.39, 0.29) is 29.9 Å². The van der Waals surface area contributed by atoms with Crippen LogP contribution in [0.2, 0.25) is 0 Å². The van der Waals surface area contributed by atoms with E-state index in [0.29, 0.717) is 6.42 Å². The number of imidazole rings is 2. The number of likely N-dealkylation sites (tertiary alicyclic amines) is 3. The van der Waals surface area contributed by atoms with E-state index in [1.807, 2.05) is 47.8 Å². The molecule has 3 aromatic carbocycles. The molecule has 11 heteroatoms. The molecular formula is C45H48N8O2S. The van der Waals surface area contributed by atoms with E-state index in [1.165, 1.54) is 6.42 Å². The van der Waals surface area contributed by atoms with Crippen LogP contribution in [0, 0.1) is 6.92 Å². The molecule has 3 saturated heterocycles. The summed E-state index contributed by atoms with van der Waals surface area (Å²) < 4.78 is 0. The minimum absolute atomic E-state index is 0.0456. The van der Waals surface area contributed by atoms with Gasteiger partial charge in [-0.1, -0.05) is 85.3 Å². The van der Waals surface area contributed by atoms with Gasteiger partial charge in [0.05, 0.1) is 53.0 Å². The maximum atomic E-state index is 14.3. The van der Waals surface area contributed by atoms with Crippen molar-refractivity contribution < 1.29 is 9.59 Å². The number of nitrogens with zero attached hydrogens (tertiary/aromatic N) is 6. The normalized spacial score (nSPS) is 19.4. The number of nitrogens with one attached hydrogen (secondary N) is 2. The van der Waals surface area contributed by atoms with Gasteiger partial charge in [-0.05, 0) is 86.4 Å². The van der Waals surface area contributed by atoms with Crippen LogP contribution in [-0.2, 0) is 16.0 Å². The van der Waals surface area contributed by atoms with Crippen molar-refractivity contribution in [3.05, 3.63) is 125 Å². The maximum absolute atomic E-state index is 14.3. The highest BCUT2D eigenvalue weighted by Crippen LogP contribution is 2.37. The fraction of sp³-hybridized carbons (Fsp3) is 0.356. The van der Waals surface area contributed by atoms with Gasteiger partial charge in [-0.15, -0.1) is 11.3 Å². The van der Waals surface area contributed by atoms with E-state index in [2.05, 4.69) is 85.4 Å². The number of H-pyrrole nitrogens is 2. The summed E-state index contributed by atoms with van der Waals surface area (Å²) in [5.41, 5.74) is 8.16. The molecule has 1 unspecified atom stereocenters. The minimum atomic E-state index is -0.255. The van der Waals surface area contributed by atoms with Crippen molar-refractivity contribution in [2.75, 3.05) is 26.2 Å². The number of benzene rings is 3. The van der Waals surface area contributed by atoms with Crippen LogP contribution in [0.1, 0.15) is 91.0 Å². The Kier molecular flexibility index (Phi) is 10.4. The predicted octanol–water partition coefficient (Wildman–Crippen LogP) is 8.70. The number of carbonyl (C=O) groups is 2. The van der Waals surface area contributed by atoms with E-state index >= 15 is 0 Å². The van der Waals surface area contributed by atoms with Gasteiger partial charge in [0, 0.05) is 18.5 Å². The third-order valence-corrected chi connectivity index (χ3v) is 12.6. The quantitative estimate of drug-likeness (QED) is 0.144. The first-order chi connectivity index (χ1) is 27.5. The van der Waals surface area contributed by atoms with Crippen LogP contribution < -0.4 is 0 Å². The number of aromatic nitrogens is 5. The molecule has 9 rings (SSSR count). The van der Waals surface area contributed by atoms with E-state index in [4.69, 9.17) is 9.97 Å². The van der Waals surface area contributed by atoms with Gasteiger partial charge in [-0.3, -0.25) is 14.5 Å². The van der Waals surface area contributed by atoms with E-state index in [0.717, 1.165) is 126 Å².